The van der Waals surface area contributed by atoms with Crippen LogP contribution in [-0.4, -0.2) is 41.8 Å². The van der Waals surface area contributed by atoms with Crippen LogP contribution in [0.4, 0.5) is 0 Å². The van der Waals surface area contributed by atoms with Gasteiger partial charge in [0.2, 0.25) is 10.0 Å². The van der Waals surface area contributed by atoms with Crippen molar-refractivity contribution in [1.82, 2.24) is 4.72 Å². The first-order valence-electron chi connectivity index (χ1n) is 5.55. The molecule has 1 unspecified atom stereocenters. The Bertz CT molecular complexity index is 565. The van der Waals surface area contributed by atoms with Crippen LogP contribution < -0.4 is 4.72 Å². The molecule has 0 bridgehead atoms. The number of rotatable bonds is 7. The smallest absolute Gasteiger partial charge is 0.335 e. The number of hydrogen-bond donors (Lipinski definition) is 2. The average molecular weight is 305 g/mol. The lowest BCUT2D eigenvalue weighted by molar-refractivity contribution is 0.0696. The van der Waals surface area contributed by atoms with Gasteiger partial charge in [0.15, 0.2) is 0 Å². The van der Waals surface area contributed by atoms with Gasteiger partial charge in [-0.3, -0.25) is 4.21 Å². The van der Waals surface area contributed by atoms with E-state index in [9.17, 15) is 17.4 Å². The molecule has 0 saturated heterocycles. The molecule has 0 amide bonds. The summed E-state index contributed by atoms with van der Waals surface area (Å²) in [5.41, 5.74) is 0.0195. The van der Waals surface area contributed by atoms with Crippen LogP contribution >= 0.6 is 0 Å². The van der Waals surface area contributed by atoms with E-state index >= 15 is 0 Å². The highest BCUT2D eigenvalue weighted by Crippen LogP contribution is 2.10. The minimum atomic E-state index is -3.68. The van der Waals surface area contributed by atoms with Gasteiger partial charge in [-0.15, -0.1) is 0 Å². The van der Waals surface area contributed by atoms with Crippen LogP contribution in [0.25, 0.3) is 0 Å². The maximum Gasteiger partial charge on any atom is 0.335 e. The second-order valence-electron chi connectivity index (χ2n) is 3.66. The quantitative estimate of drug-likeness (QED) is 0.761. The van der Waals surface area contributed by atoms with Crippen molar-refractivity contribution in [2.45, 2.75) is 11.8 Å². The topological polar surface area (TPSA) is 101 Å². The number of hydrogen-bond acceptors (Lipinski definition) is 4. The van der Waals surface area contributed by atoms with E-state index < -0.39 is 26.8 Å². The maximum absolute atomic E-state index is 11.8. The third kappa shape index (κ3) is 4.73. The fourth-order valence-electron chi connectivity index (χ4n) is 1.29. The first-order chi connectivity index (χ1) is 8.86. The molecular weight excluding hydrogens is 290 g/mol. The Labute approximate surface area is 114 Å². The molecule has 106 valence electrons. The molecule has 1 rings (SSSR count). The zero-order chi connectivity index (χ0) is 14.5. The zero-order valence-electron chi connectivity index (χ0n) is 10.3. The van der Waals surface area contributed by atoms with E-state index in [-0.39, 0.29) is 22.8 Å². The van der Waals surface area contributed by atoms with E-state index in [0.29, 0.717) is 5.75 Å². The molecule has 8 heteroatoms. The third-order valence-corrected chi connectivity index (χ3v) is 5.14. The molecule has 0 heterocycles. The van der Waals surface area contributed by atoms with Gasteiger partial charge in [0.05, 0.1) is 10.5 Å². The summed E-state index contributed by atoms with van der Waals surface area (Å²) in [6.07, 6.45) is 0. The third-order valence-electron chi connectivity index (χ3n) is 2.36. The highest BCUT2D eigenvalue weighted by molar-refractivity contribution is 7.89. The Hall–Kier alpha value is -1.25. The monoisotopic (exact) mass is 305 g/mol. The van der Waals surface area contributed by atoms with Crippen LogP contribution in [-0.2, 0) is 20.8 Å². The van der Waals surface area contributed by atoms with E-state index in [4.69, 9.17) is 5.11 Å². The lowest BCUT2D eigenvalue weighted by Gasteiger charge is -2.06. The van der Waals surface area contributed by atoms with Gasteiger partial charge in [-0.2, -0.15) is 0 Å². The second-order valence-corrected chi connectivity index (χ2v) is 7.29. The number of aromatic carboxylic acids is 1. The van der Waals surface area contributed by atoms with Crippen molar-refractivity contribution in [3.8, 4) is 0 Å². The maximum atomic E-state index is 11.8. The molecule has 0 aromatic heterocycles. The molecule has 0 fully saturated rings. The molecule has 6 nitrogen and oxygen atoms in total. The number of nitrogens with one attached hydrogen (secondary N) is 1. The van der Waals surface area contributed by atoms with Crippen LogP contribution in [0.3, 0.4) is 0 Å². The molecule has 0 radical (unpaired) electrons. The van der Waals surface area contributed by atoms with Crippen LogP contribution in [0.15, 0.2) is 29.2 Å². The first kappa shape index (κ1) is 15.8. The fourth-order valence-corrected chi connectivity index (χ4v) is 3.07. The summed E-state index contributed by atoms with van der Waals surface area (Å²) in [4.78, 5) is 10.6. The average Bonchev–Trinajstić information content (AvgIpc) is 2.38. The van der Waals surface area contributed by atoms with Crippen molar-refractivity contribution < 1.29 is 22.5 Å². The normalized spacial score (nSPS) is 13.1. The predicted octanol–water partition coefficient (Wildman–Crippen LogP) is 0.432. The minimum Gasteiger partial charge on any atom is -0.478 e. The van der Waals surface area contributed by atoms with Gasteiger partial charge in [0.25, 0.3) is 0 Å². The molecule has 0 spiro atoms. The fraction of sp³-hybridized carbons (Fsp3) is 0.364. The molecule has 19 heavy (non-hydrogen) atoms. The molecule has 0 aliphatic rings. The van der Waals surface area contributed by atoms with Crippen molar-refractivity contribution in [3.63, 3.8) is 0 Å². The van der Waals surface area contributed by atoms with E-state index in [0.717, 1.165) is 0 Å². The van der Waals surface area contributed by atoms with Gasteiger partial charge >= 0.3 is 5.97 Å². The van der Waals surface area contributed by atoms with Gasteiger partial charge in [-0.25, -0.2) is 17.9 Å². The van der Waals surface area contributed by atoms with Gasteiger partial charge < -0.3 is 5.11 Å². The van der Waals surface area contributed by atoms with Gasteiger partial charge in [0.1, 0.15) is 0 Å². The lowest BCUT2D eigenvalue weighted by Crippen LogP contribution is -2.28. The molecule has 2 N–H and O–H groups in total. The van der Waals surface area contributed by atoms with Gasteiger partial charge in [-0.05, 0) is 24.3 Å². The number of carboxylic acid groups (broad SMARTS) is 1. The molecule has 0 aliphatic heterocycles. The lowest BCUT2D eigenvalue weighted by atomic mass is 10.2. The van der Waals surface area contributed by atoms with Crippen LogP contribution in [0, 0.1) is 0 Å². The molecule has 1 atom stereocenters. The summed E-state index contributed by atoms with van der Waals surface area (Å²) < 4.78 is 37.1. The van der Waals surface area contributed by atoms with E-state index in [1.165, 1.54) is 24.3 Å². The summed E-state index contributed by atoms with van der Waals surface area (Å²) in [5.74, 6) is -0.381. The van der Waals surface area contributed by atoms with Crippen LogP contribution in [0.5, 0.6) is 0 Å². The number of carboxylic acids is 1. The minimum absolute atomic E-state index is 0.0141. The van der Waals surface area contributed by atoms with Crippen molar-refractivity contribution in [1.29, 1.82) is 0 Å². The Morgan fingerprint density at radius 3 is 2.37 bits per heavy atom. The summed E-state index contributed by atoms with van der Waals surface area (Å²) in [6.45, 7) is 1.85. The highest BCUT2D eigenvalue weighted by Gasteiger charge is 2.14. The van der Waals surface area contributed by atoms with E-state index in [2.05, 4.69) is 4.72 Å². The molecule has 1 aromatic rings. The summed E-state index contributed by atoms with van der Waals surface area (Å²) in [6, 6.07) is 4.90. The number of benzene rings is 1. The highest BCUT2D eigenvalue weighted by atomic mass is 32.2. The first-order valence-corrected chi connectivity index (χ1v) is 8.52. The Kier molecular flexibility index (Phi) is 5.64. The standard InChI is InChI=1S/C11H15NO5S2/c1-2-18(15)8-7-12-19(16,17)10-5-3-9(4-6-10)11(13)14/h3-6,12H,2,7-8H2,1H3,(H,13,14). The van der Waals surface area contributed by atoms with E-state index in [1.54, 1.807) is 6.92 Å². The van der Waals surface area contributed by atoms with Crippen LogP contribution in [0.2, 0.25) is 0 Å². The second kappa shape index (κ2) is 6.78. The SMILES string of the molecule is CCS(=O)CCNS(=O)(=O)c1ccc(C(=O)O)cc1. The summed E-state index contributed by atoms with van der Waals surface area (Å²) in [7, 11) is -4.72. The number of carbonyl (C=O) groups is 1. The van der Waals surface area contributed by atoms with Crippen molar-refractivity contribution in [2.24, 2.45) is 0 Å². The zero-order valence-corrected chi connectivity index (χ0v) is 12.0. The molecule has 0 saturated carbocycles. The summed E-state index contributed by atoms with van der Waals surface area (Å²) in [5, 5.41) is 8.71. The van der Waals surface area contributed by atoms with Crippen LogP contribution in [0.1, 0.15) is 17.3 Å². The molecule has 0 aliphatic carbocycles. The largest absolute Gasteiger partial charge is 0.478 e. The Morgan fingerprint density at radius 2 is 1.89 bits per heavy atom. The summed E-state index contributed by atoms with van der Waals surface area (Å²) >= 11 is 0. The molecule has 1 aromatic carbocycles. The van der Waals surface area contributed by atoms with Crippen molar-refractivity contribution >= 4 is 26.8 Å². The van der Waals surface area contributed by atoms with Gasteiger partial charge in [-0.1, -0.05) is 6.92 Å². The Balaban J connectivity index is 2.72. The van der Waals surface area contributed by atoms with Gasteiger partial charge in [0, 0.05) is 28.9 Å². The predicted molar refractivity (Wildman–Crippen MR) is 72.1 cm³/mol. The Morgan fingerprint density at radius 1 is 1.32 bits per heavy atom. The van der Waals surface area contributed by atoms with Crippen molar-refractivity contribution in [3.05, 3.63) is 29.8 Å². The number of sulfonamides is 1. The van der Waals surface area contributed by atoms with Crippen molar-refractivity contribution in [2.75, 3.05) is 18.1 Å². The van der Waals surface area contributed by atoms with E-state index in [1.807, 2.05) is 0 Å². The molecular formula is C11H15NO5S2.